The minimum Gasteiger partial charge on any atom is -0.463 e. The van der Waals surface area contributed by atoms with Crippen molar-refractivity contribution in [1.82, 2.24) is 0 Å². The first kappa shape index (κ1) is 109. The number of carbonyl (C=O) groups is 3. The molecule has 0 aromatic carbocycles. The molecule has 0 saturated carbocycles. The van der Waals surface area contributed by atoms with E-state index >= 15 is 0 Å². The van der Waals surface area contributed by atoms with E-state index in [1.165, 1.54) is 64.2 Å². The first-order valence-corrected chi connectivity index (χ1v) is 47.7. The molecule has 0 heterocycles. The van der Waals surface area contributed by atoms with Crippen LogP contribution >= 0.6 is 15.6 Å². The van der Waals surface area contributed by atoms with Gasteiger partial charge in [-0.2, -0.15) is 0 Å². The fraction of sp³-hybridized carbons (Fsp3) is 0.639. The molecule has 0 aromatic rings. The van der Waals surface area contributed by atoms with Crippen molar-refractivity contribution >= 4 is 33.6 Å². The van der Waals surface area contributed by atoms with Gasteiger partial charge in [-0.25, -0.2) is 9.13 Å². The number of hydrogen-bond donors (Lipinski definition) is 4. The van der Waals surface area contributed by atoms with Gasteiger partial charge in [0, 0.05) is 19.3 Å². The van der Waals surface area contributed by atoms with Crippen molar-refractivity contribution in [3.8, 4) is 0 Å². The molecule has 0 saturated heterocycles. The number of phosphoric ester groups is 2. The van der Waals surface area contributed by atoms with Crippen LogP contribution in [0.1, 0.15) is 342 Å². The van der Waals surface area contributed by atoms with Gasteiger partial charge in [-0.15, -0.1) is 0 Å². The Labute approximate surface area is 699 Å². The van der Waals surface area contributed by atoms with Crippen LogP contribution in [0.5, 0.6) is 0 Å². The van der Waals surface area contributed by atoms with Gasteiger partial charge in [0.05, 0.1) is 26.4 Å². The lowest BCUT2D eigenvalue weighted by Crippen LogP contribution is -2.30. The molecular weight excluding hydrogens is 1480 g/mol. The Kier molecular flexibility index (Phi) is 83.4. The molecule has 115 heavy (non-hydrogen) atoms. The molecular formula is C97H160O16P2. The van der Waals surface area contributed by atoms with Crippen LogP contribution < -0.4 is 0 Å². The van der Waals surface area contributed by atoms with Crippen LogP contribution in [0.2, 0.25) is 0 Å². The highest BCUT2D eigenvalue weighted by Crippen LogP contribution is 2.45. The average molecular weight is 1640 g/mol. The van der Waals surface area contributed by atoms with Crippen LogP contribution in [0.4, 0.5) is 0 Å². The second kappa shape index (κ2) is 87.7. The highest BCUT2D eigenvalue weighted by molar-refractivity contribution is 7.47. The molecule has 0 spiro atoms. The Morgan fingerprint density at radius 2 is 0.435 bits per heavy atom. The highest BCUT2D eigenvalue weighted by atomic mass is 31.2. The van der Waals surface area contributed by atoms with Crippen molar-refractivity contribution in [2.75, 3.05) is 39.6 Å². The highest BCUT2D eigenvalue weighted by Gasteiger charge is 2.29. The molecule has 0 aromatic heterocycles. The number of unbranched alkanes of at least 4 members (excludes halogenated alkanes) is 28. The third-order valence-corrected chi connectivity index (χ3v) is 20.2. The summed E-state index contributed by atoms with van der Waals surface area (Å²) in [5.41, 5.74) is 0. The third kappa shape index (κ3) is 89.0. The number of hydrogen-bond acceptors (Lipinski definition) is 14. The lowest BCUT2D eigenvalue weighted by molar-refractivity contribution is -0.161. The van der Waals surface area contributed by atoms with Gasteiger partial charge in [-0.3, -0.25) is 32.5 Å². The van der Waals surface area contributed by atoms with E-state index in [1.807, 2.05) is 0 Å². The minimum atomic E-state index is -4.95. The zero-order valence-electron chi connectivity index (χ0n) is 71.9. The average Bonchev–Trinajstić information content (AvgIpc) is 0.900. The van der Waals surface area contributed by atoms with Crippen LogP contribution in [0.25, 0.3) is 0 Å². The zero-order chi connectivity index (χ0) is 83.6. The largest absolute Gasteiger partial charge is 0.472 e. The monoisotopic (exact) mass is 1640 g/mol. The van der Waals surface area contributed by atoms with Crippen molar-refractivity contribution in [2.24, 2.45) is 0 Å². The molecule has 4 N–H and O–H groups in total. The van der Waals surface area contributed by atoms with Crippen LogP contribution in [-0.2, 0) is 55.8 Å². The Hall–Kier alpha value is -5.61. The fourth-order valence-corrected chi connectivity index (χ4v) is 13.2. The van der Waals surface area contributed by atoms with Crippen molar-refractivity contribution < 1.29 is 75.8 Å². The minimum absolute atomic E-state index is 0.0824. The molecule has 0 aliphatic rings. The number of ether oxygens (including phenoxy) is 3. The lowest BCUT2D eigenvalue weighted by atomic mass is 10.0. The normalized spacial score (nSPS) is 14.7. The van der Waals surface area contributed by atoms with E-state index in [2.05, 4.69) is 215 Å². The maximum Gasteiger partial charge on any atom is 0.472 e. The maximum atomic E-state index is 13.1. The van der Waals surface area contributed by atoms with E-state index in [0.717, 1.165) is 218 Å². The van der Waals surface area contributed by atoms with Gasteiger partial charge in [0.2, 0.25) is 0 Å². The molecule has 0 aliphatic heterocycles. The van der Waals surface area contributed by atoms with Gasteiger partial charge >= 0.3 is 33.6 Å². The first-order valence-electron chi connectivity index (χ1n) is 44.7. The van der Waals surface area contributed by atoms with Gasteiger partial charge in [-0.05, 0) is 161 Å². The summed E-state index contributed by atoms with van der Waals surface area (Å²) in [6.07, 6.45) is 116. The summed E-state index contributed by atoms with van der Waals surface area (Å²) in [5.74, 6) is -1.60. The van der Waals surface area contributed by atoms with E-state index in [9.17, 15) is 43.5 Å². The van der Waals surface area contributed by atoms with E-state index in [4.69, 9.17) is 32.3 Å². The maximum absolute atomic E-state index is 13.1. The van der Waals surface area contributed by atoms with Gasteiger partial charge < -0.3 is 34.2 Å². The molecule has 5 atom stereocenters. The van der Waals surface area contributed by atoms with E-state index in [1.54, 1.807) is 0 Å². The molecule has 654 valence electrons. The molecule has 5 unspecified atom stereocenters. The number of carbonyl (C=O) groups excluding carboxylic acids is 3. The molecule has 0 rings (SSSR count). The second-order valence-corrected chi connectivity index (χ2v) is 32.2. The van der Waals surface area contributed by atoms with Crippen LogP contribution in [-0.4, -0.2) is 95.9 Å². The molecule has 0 aliphatic carbocycles. The van der Waals surface area contributed by atoms with Gasteiger partial charge in [-0.1, -0.05) is 356 Å². The number of rotatable bonds is 83. The van der Waals surface area contributed by atoms with E-state index in [0.29, 0.717) is 19.3 Å². The first-order chi connectivity index (χ1) is 56.2. The number of allylic oxidation sites excluding steroid dienone is 32. The summed E-state index contributed by atoms with van der Waals surface area (Å²) in [6.45, 7) is 2.34. The predicted octanol–water partition coefficient (Wildman–Crippen LogP) is 27.4. The Morgan fingerprint density at radius 3 is 0.687 bits per heavy atom. The second-order valence-electron chi connectivity index (χ2n) is 29.3. The van der Waals surface area contributed by atoms with Crippen molar-refractivity contribution in [1.29, 1.82) is 0 Å². The van der Waals surface area contributed by atoms with Gasteiger partial charge in [0.1, 0.15) is 25.4 Å². The molecule has 0 amide bonds. The van der Waals surface area contributed by atoms with Gasteiger partial charge in [0.15, 0.2) is 6.10 Å². The summed E-state index contributed by atoms with van der Waals surface area (Å²) in [5, 5.41) is 20.7. The SMILES string of the molecule is CC/C=C\C/C=C\C/C=C\C/C=C\C/C=C\C/C=C\CCCCCCCCCCC(=O)OCC(COP(=O)(O)OCC(O)COP(=O)(O)OCC(O)COC(=O)CCCCCCCCCCCCCCC/C=C\C/C=C\C/C=C\C/C=C\C/C=C\CC)OC(=O)CCCCCCCCC/C=C\C/C=C\C/C=C\C/C=C\C/C=C\CC. The topological polar surface area (TPSA) is 231 Å². The van der Waals surface area contributed by atoms with Crippen molar-refractivity contribution in [2.45, 2.75) is 360 Å². The predicted molar refractivity (Wildman–Crippen MR) is 481 cm³/mol. The summed E-state index contributed by atoms with van der Waals surface area (Å²) in [4.78, 5) is 59.0. The summed E-state index contributed by atoms with van der Waals surface area (Å²) in [7, 11) is -9.82. The standard InChI is InChI=1S/C97H160O16P2/c1-4-7-10-13-16-19-22-25-28-31-34-37-40-42-44-45-47-49-51-53-56-59-62-65-68-71-74-77-80-83-95(100)107-86-92(98)87-109-114(103,104)110-88-93(99)89-111-115(105,106)112-91-94(113-97(102)85-82-79-76-73-70-67-64-61-58-55-50-39-36-33-30-27-24-21-18-15-12-9-6-3)90-108-96(101)84-81-78-75-72-69-66-63-60-57-54-52-48-46-43-41-38-35-32-29-26-23-20-17-14-11-8-5-2/h7-12,16-21,25-30,34-39,42-44,46,52,54-55,58,92-94,98-99H,4-6,13-15,22-24,31-33,40-41,45,47-51,53,56-57,59-91H2,1-3H3,(H,103,104)(H,105,106)/b10-7-,11-8-,12-9-,19-16-,20-17-,21-18-,28-25-,29-26-,30-27-,37-34-,38-35-,39-36-,44-42-,46-43-,54-52-,58-55-. The van der Waals surface area contributed by atoms with Crippen molar-refractivity contribution in [3.63, 3.8) is 0 Å². The van der Waals surface area contributed by atoms with Crippen molar-refractivity contribution in [3.05, 3.63) is 194 Å². The van der Waals surface area contributed by atoms with Crippen LogP contribution in [0, 0.1) is 0 Å². The van der Waals surface area contributed by atoms with E-state index in [-0.39, 0.29) is 19.3 Å². The summed E-state index contributed by atoms with van der Waals surface area (Å²) >= 11 is 0. The van der Waals surface area contributed by atoms with Gasteiger partial charge in [0.25, 0.3) is 0 Å². The summed E-state index contributed by atoms with van der Waals surface area (Å²) in [6, 6.07) is 0. The lowest BCUT2D eigenvalue weighted by Gasteiger charge is -2.21. The fourth-order valence-electron chi connectivity index (χ4n) is 11.6. The quantitative estimate of drug-likeness (QED) is 0.0146. The number of aliphatic hydroxyl groups excluding tert-OH is 2. The third-order valence-electron chi connectivity index (χ3n) is 18.3. The van der Waals surface area contributed by atoms with Crippen LogP contribution in [0.3, 0.4) is 0 Å². The molecule has 0 bridgehead atoms. The Balaban J connectivity index is 4.68. The van der Waals surface area contributed by atoms with E-state index < -0.39 is 91.5 Å². The smallest absolute Gasteiger partial charge is 0.463 e. The number of esters is 3. The molecule has 0 radical (unpaired) electrons. The number of aliphatic hydroxyl groups is 2. The number of phosphoric acid groups is 2. The Bertz CT molecular complexity index is 2870. The summed E-state index contributed by atoms with van der Waals surface area (Å²) < 4.78 is 61.4. The Morgan fingerprint density at radius 1 is 0.243 bits per heavy atom. The molecule has 0 fully saturated rings. The molecule has 18 heteroatoms. The zero-order valence-corrected chi connectivity index (χ0v) is 73.7. The van der Waals surface area contributed by atoms with Crippen LogP contribution in [0.15, 0.2) is 194 Å². The molecule has 16 nitrogen and oxygen atoms in total.